The van der Waals surface area contributed by atoms with Gasteiger partial charge < -0.3 is 47.7 Å². The number of aliphatic hydroxyl groups is 1. The summed E-state index contributed by atoms with van der Waals surface area (Å²) in [6.07, 6.45) is -1.84. The molecule has 5 rings (SSSR count). The van der Waals surface area contributed by atoms with Crippen LogP contribution in [0, 0.1) is 29.6 Å². The first-order chi connectivity index (χ1) is 24.3. The molecule has 12 heteroatoms. The molecule has 5 saturated heterocycles. The standard InChI is InChI=1S/C40H71NO11/c1-15-30-25(7)34-28(10)40(46-20-45-34)22(4)17-39(12,52-40)35(51-37-32(42)29(16-23(5)48-37)41(13)21(2)3)26(8)33(27(9)36(43)49-30)50-31-19-38(11,44-14)18-24(6)47-31/h21-35,37,42H,15-20H2,1-14H3/t22-,23-,24+,25+,26+,27-,28-,29+,30-,31+,32-,33+,34+,35-,37+,38+,39-,40?/m1/s1. The highest BCUT2D eigenvalue weighted by atomic mass is 16.8. The number of carbonyl (C=O) groups excluding carboxylic acids is 1. The molecule has 12 nitrogen and oxygen atoms in total. The zero-order valence-corrected chi connectivity index (χ0v) is 34.5. The highest BCUT2D eigenvalue weighted by molar-refractivity contribution is 5.73. The van der Waals surface area contributed by atoms with Gasteiger partial charge in [0.1, 0.15) is 12.2 Å². The van der Waals surface area contributed by atoms with E-state index < -0.39 is 65.8 Å². The van der Waals surface area contributed by atoms with Crippen LogP contribution >= 0.6 is 0 Å². The molecule has 1 spiro atoms. The molecule has 0 amide bonds. The van der Waals surface area contributed by atoms with E-state index in [-0.39, 0.29) is 60.9 Å². The first-order valence-corrected chi connectivity index (χ1v) is 20.0. The van der Waals surface area contributed by atoms with E-state index >= 15 is 0 Å². The predicted molar refractivity (Wildman–Crippen MR) is 194 cm³/mol. The van der Waals surface area contributed by atoms with Crippen molar-refractivity contribution in [3.05, 3.63) is 0 Å². The highest BCUT2D eigenvalue weighted by Crippen LogP contribution is 2.55. The van der Waals surface area contributed by atoms with Crippen molar-refractivity contribution in [2.45, 2.75) is 200 Å². The molecule has 0 aliphatic carbocycles. The molecule has 18 atom stereocenters. The van der Waals surface area contributed by atoms with Gasteiger partial charge in [-0.05, 0) is 74.8 Å². The van der Waals surface area contributed by atoms with Gasteiger partial charge in [0, 0.05) is 55.7 Å². The van der Waals surface area contributed by atoms with Gasteiger partial charge in [0.15, 0.2) is 25.2 Å². The maximum atomic E-state index is 14.3. The van der Waals surface area contributed by atoms with Gasteiger partial charge in [-0.3, -0.25) is 9.69 Å². The molecular formula is C40H71NO11. The Bertz CT molecular complexity index is 1210. The first-order valence-electron chi connectivity index (χ1n) is 20.0. The Morgan fingerprint density at radius 1 is 0.962 bits per heavy atom. The summed E-state index contributed by atoms with van der Waals surface area (Å²) in [5.74, 6) is -2.86. The molecule has 52 heavy (non-hydrogen) atoms. The van der Waals surface area contributed by atoms with Crippen molar-refractivity contribution in [1.29, 1.82) is 0 Å². The summed E-state index contributed by atoms with van der Waals surface area (Å²) in [6.45, 7) is 24.8. The van der Waals surface area contributed by atoms with Crippen LogP contribution in [0.5, 0.6) is 0 Å². The lowest BCUT2D eigenvalue weighted by Gasteiger charge is -2.50. The number of aliphatic hydroxyl groups excluding tert-OH is 1. The van der Waals surface area contributed by atoms with E-state index in [0.717, 1.165) is 6.42 Å². The number of likely N-dealkylation sites (N-methyl/N-ethyl adjacent to an activating group) is 1. The summed E-state index contributed by atoms with van der Waals surface area (Å²) in [7, 11) is 3.74. The zero-order chi connectivity index (χ0) is 38.5. The smallest absolute Gasteiger partial charge is 0.311 e. The number of methoxy groups -OCH3 is 1. The molecular weight excluding hydrogens is 670 g/mol. The lowest BCUT2D eigenvalue weighted by atomic mass is 9.75. The summed E-state index contributed by atoms with van der Waals surface area (Å²) < 4.78 is 59.4. The Kier molecular flexibility index (Phi) is 13.2. The van der Waals surface area contributed by atoms with Crippen LogP contribution in [0.2, 0.25) is 0 Å². The van der Waals surface area contributed by atoms with Crippen LogP contribution in [0.15, 0.2) is 0 Å². The molecule has 5 aliphatic heterocycles. The van der Waals surface area contributed by atoms with Crippen LogP contribution in [0.25, 0.3) is 0 Å². The minimum Gasteiger partial charge on any atom is -0.462 e. The average Bonchev–Trinajstić information content (AvgIpc) is 3.34. The van der Waals surface area contributed by atoms with Crippen molar-refractivity contribution < 1.29 is 52.5 Å². The van der Waals surface area contributed by atoms with Crippen LogP contribution in [0.4, 0.5) is 0 Å². The molecule has 1 unspecified atom stereocenters. The number of esters is 1. The molecule has 3 bridgehead atoms. The first kappa shape index (κ1) is 42.2. The number of cyclic esters (lactones) is 1. The number of hydrogen-bond donors (Lipinski definition) is 1. The van der Waals surface area contributed by atoms with Gasteiger partial charge >= 0.3 is 5.97 Å². The van der Waals surface area contributed by atoms with Crippen molar-refractivity contribution in [2.24, 2.45) is 29.6 Å². The van der Waals surface area contributed by atoms with Crippen molar-refractivity contribution in [2.75, 3.05) is 21.0 Å². The maximum Gasteiger partial charge on any atom is 0.311 e. The molecule has 5 heterocycles. The third kappa shape index (κ3) is 8.13. The lowest BCUT2D eigenvalue weighted by molar-refractivity contribution is -0.386. The number of hydrogen-bond acceptors (Lipinski definition) is 12. The predicted octanol–water partition coefficient (Wildman–Crippen LogP) is 5.66. The second-order valence-corrected chi connectivity index (χ2v) is 17.8. The lowest BCUT2D eigenvalue weighted by Crippen LogP contribution is -2.61. The summed E-state index contributed by atoms with van der Waals surface area (Å²) in [5.41, 5.74) is -1.40. The van der Waals surface area contributed by atoms with Gasteiger partial charge in [-0.25, -0.2) is 0 Å². The second kappa shape index (κ2) is 16.3. The molecule has 0 radical (unpaired) electrons. The minimum absolute atomic E-state index is 0.0346. The van der Waals surface area contributed by atoms with Crippen LogP contribution in [-0.4, -0.2) is 121 Å². The molecule has 0 aromatic rings. The fourth-order valence-electron chi connectivity index (χ4n) is 10.2. The third-order valence-electron chi connectivity index (χ3n) is 13.4. The van der Waals surface area contributed by atoms with E-state index in [1.54, 1.807) is 7.11 Å². The Morgan fingerprint density at radius 3 is 2.29 bits per heavy atom. The van der Waals surface area contributed by atoms with E-state index in [4.69, 9.17) is 42.6 Å². The Hall–Kier alpha value is -0.930. The van der Waals surface area contributed by atoms with Gasteiger partial charge in [0.25, 0.3) is 0 Å². The minimum atomic E-state index is -0.979. The Morgan fingerprint density at radius 2 is 1.65 bits per heavy atom. The van der Waals surface area contributed by atoms with Gasteiger partial charge in [-0.2, -0.15) is 0 Å². The molecule has 5 aliphatic rings. The number of ether oxygens (including phenoxy) is 9. The molecule has 1 N–H and O–H groups in total. The maximum absolute atomic E-state index is 14.3. The second-order valence-electron chi connectivity index (χ2n) is 17.8. The molecule has 0 aromatic carbocycles. The van der Waals surface area contributed by atoms with Gasteiger partial charge in [-0.1, -0.05) is 34.6 Å². The SMILES string of the molecule is CC[C@H]1OC(=O)[C@H](C)[C@@H](O[C@H]2C[C@@](C)(OC)C[C@H](C)O2)[C@H](C)[C@@H](O[C@@H]2O[C@H](C)C[C@H](N(C)C(C)C)[C@H]2O)[C@@]2(C)C[C@@H](C)C3(OCO[C@@H]([C@H]1C)[C@H]3C)O2. The van der Waals surface area contributed by atoms with E-state index in [1.807, 2.05) is 41.7 Å². The van der Waals surface area contributed by atoms with Crippen molar-refractivity contribution in [3.8, 4) is 0 Å². The van der Waals surface area contributed by atoms with Crippen LogP contribution in [0.1, 0.15) is 115 Å². The average molecular weight is 742 g/mol. The summed E-state index contributed by atoms with van der Waals surface area (Å²) in [5, 5.41) is 11.9. The number of fused-ring (bicyclic) bond motifs is 2. The van der Waals surface area contributed by atoms with Gasteiger partial charge in [-0.15, -0.1) is 0 Å². The fourth-order valence-corrected chi connectivity index (χ4v) is 10.2. The molecule has 302 valence electrons. The van der Waals surface area contributed by atoms with E-state index in [2.05, 4.69) is 53.4 Å². The van der Waals surface area contributed by atoms with E-state index in [0.29, 0.717) is 25.7 Å². The summed E-state index contributed by atoms with van der Waals surface area (Å²) >= 11 is 0. The Labute approximate surface area is 313 Å². The number of nitrogens with zero attached hydrogens (tertiary/aromatic N) is 1. The Balaban J connectivity index is 1.61. The summed E-state index contributed by atoms with van der Waals surface area (Å²) in [6, 6.07) is 0.0270. The van der Waals surface area contributed by atoms with Crippen LogP contribution in [-0.2, 0) is 47.4 Å². The quantitative estimate of drug-likeness (QED) is 0.309. The van der Waals surface area contributed by atoms with Crippen LogP contribution in [0.3, 0.4) is 0 Å². The summed E-state index contributed by atoms with van der Waals surface area (Å²) in [4.78, 5) is 16.5. The fraction of sp³-hybridized carbons (Fsp3) is 0.975. The third-order valence-corrected chi connectivity index (χ3v) is 13.4. The number of rotatable bonds is 8. The highest BCUT2D eigenvalue weighted by Gasteiger charge is 2.64. The topological polar surface area (TPSA) is 124 Å². The van der Waals surface area contributed by atoms with Crippen molar-refractivity contribution in [3.63, 3.8) is 0 Å². The van der Waals surface area contributed by atoms with Gasteiger partial charge in [0.05, 0.1) is 47.6 Å². The molecule has 0 aromatic heterocycles. The molecule has 0 saturated carbocycles. The van der Waals surface area contributed by atoms with E-state index in [1.165, 1.54) is 0 Å². The largest absolute Gasteiger partial charge is 0.462 e. The zero-order valence-electron chi connectivity index (χ0n) is 34.5. The van der Waals surface area contributed by atoms with Crippen LogP contribution < -0.4 is 0 Å². The number of carbonyl (C=O) groups is 1. The normalized spacial score (nSPS) is 50.7. The molecule has 5 fully saturated rings. The van der Waals surface area contributed by atoms with Crippen molar-refractivity contribution in [1.82, 2.24) is 4.90 Å². The van der Waals surface area contributed by atoms with Crippen molar-refractivity contribution >= 4 is 5.97 Å². The van der Waals surface area contributed by atoms with Gasteiger partial charge in [0.2, 0.25) is 0 Å². The monoisotopic (exact) mass is 742 g/mol. The van der Waals surface area contributed by atoms with E-state index in [9.17, 15) is 9.90 Å².